The van der Waals surface area contributed by atoms with Crippen molar-refractivity contribution in [2.75, 3.05) is 20.8 Å². The average molecular weight is 388 g/mol. The summed E-state index contributed by atoms with van der Waals surface area (Å²) in [6.45, 7) is -0.560. The first-order valence-corrected chi connectivity index (χ1v) is 9.32. The molecule has 0 saturated carbocycles. The Bertz CT molecular complexity index is 1010. The lowest BCUT2D eigenvalue weighted by molar-refractivity contribution is 0.0228. The number of benzene rings is 2. The van der Waals surface area contributed by atoms with Crippen LogP contribution in [-0.2, 0) is 14.8 Å². The van der Waals surface area contributed by atoms with E-state index in [1.807, 2.05) is 0 Å². The second-order valence-corrected chi connectivity index (χ2v) is 8.11. The van der Waals surface area contributed by atoms with Gasteiger partial charge >= 0.3 is 5.97 Å². The molecule has 2 aromatic rings. The van der Waals surface area contributed by atoms with Crippen LogP contribution in [0, 0.1) is 0 Å². The highest BCUT2D eigenvalue weighted by atomic mass is 32.2. The van der Waals surface area contributed by atoms with E-state index in [1.165, 1.54) is 50.5 Å². The Labute approximate surface area is 156 Å². The molecule has 0 aliphatic carbocycles. The Hall–Kier alpha value is -3.04. The molecule has 1 heterocycles. The predicted octanol–water partition coefficient (Wildman–Crippen LogP) is 1.35. The van der Waals surface area contributed by atoms with E-state index in [0.717, 1.165) is 9.21 Å². The number of amides is 2. The van der Waals surface area contributed by atoms with Crippen LogP contribution in [-0.4, -0.2) is 56.2 Å². The summed E-state index contributed by atoms with van der Waals surface area (Å²) in [7, 11) is -0.955. The number of sulfonamides is 1. The van der Waals surface area contributed by atoms with E-state index in [4.69, 9.17) is 4.74 Å². The molecular weight excluding hydrogens is 372 g/mol. The molecule has 0 saturated heterocycles. The van der Waals surface area contributed by atoms with Crippen molar-refractivity contribution in [3.63, 3.8) is 0 Å². The average Bonchev–Trinajstić information content (AvgIpc) is 2.90. The minimum atomic E-state index is -3.71. The third-order valence-corrected chi connectivity index (χ3v) is 5.86. The topological polar surface area (TPSA) is 101 Å². The van der Waals surface area contributed by atoms with E-state index in [-0.39, 0.29) is 21.6 Å². The maximum absolute atomic E-state index is 12.3. The van der Waals surface area contributed by atoms with Gasteiger partial charge in [-0.2, -0.15) is 0 Å². The molecule has 0 atom stereocenters. The molecule has 0 N–H and O–H groups in total. The summed E-state index contributed by atoms with van der Waals surface area (Å²) in [5.41, 5.74) is 0.491. The van der Waals surface area contributed by atoms with Crippen LogP contribution >= 0.6 is 0 Å². The molecule has 0 aromatic heterocycles. The van der Waals surface area contributed by atoms with Gasteiger partial charge in [-0.25, -0.2) is 22.4 Å². The zero-order valence-electron chi connectivity index (χ0n) is 14.6. The van der Waals surface area contributed by atoms with Gasteiger partial charge in [-0.15, -0.1) is 0 Å². The molecule has 0 radical (unpaired) electrons. The van der Waals surface area contributed by atoms with Gasteiger partial charge in [0.05, 0.1) is 21.6 Å². The zero-order chi connectivity index (χ0) is 19.8. The number of carbonyl (C=O) groups excluding carboxylic acids is 3. The number of rotatable bonds is 5. The lowest BCUT2D eigenvalue weighted by Crippen LogP contribution is -2.33. The monoisotopic (exact) mass is 388 g/mol. The second-order valence-electron chi connectivity index (χ2n) is 5.96. The zero-order valence-corrected chi connectivity index (χ0v) is 15.4. The first kappa shape index (κ1) is 18.7. The van der Waals surface area contributed by atoms with Crippen LogP contribution in [0.2, 0.25) is 0 Å². The van der Waals surface area contributed by atoms with Crippen molar-refractivity contribution in [2.24, 2.45) is 0 Å². The van der Waals surface area contributed by atoms with Crippen molar-refractivity contribution in [3.8, 4) is 0 Å². The van der Waals surface area contributed by atoms with E-state index in [1.54, 1.807) is 12.1 Å². The van der Waals surface area contributed by atoms with Crippen LogP contribution in [0.15, 0.2) is 53.4 Å². The molecule has 27 heavy (non-hydrogen) atoms. The minimum Gasteiger partial charge on any atom is -0.440 e. The molecule has 0 unspecified atom stereocenters. The molecule has 1 aliphatic heterocycles. The number of hydrogen-bond donors (Lipinski definition) is 0. The number of carbonyl (C=O) groups is 3. The largest absolute Gasteiger partial charge is 0.440 e. The van der Waals surface area contributed by atoms with Crippen molar-refractivity contribution in [1.82, 2.24) is 9.21 Å². The van der Waals surface area contributed by atoms with E-state index in [2.05, 4.69) is 0 Å². The number of hydrogen-bond acceptors (Lipinski definition) is 6. The summed E-state index contributed by atoms with van der Waals surface area (Å²) in [5.74, 6) is -1.94. The second kappa shape index (κ2) is 6.93. The van der Waals surface area contributed by atoms with Crippen molar-refractivity contribution in [1.29, 1.82) is 0 Å². The van der Waals surface area contributed by atoms with Crippen LogP contribution in [0.3, 0.4) is 0 Å². The molecule has 9 heteroatoms. The Morgan fingerprint density at radius 2 is 1.59 bits per heavy atom. The highest BCUT2D eigenvalue weighted by Gasteiger charge is 2.35. The van der Waals surface area contributed by atoms with Gasteiger partial charge in [0.2, 0.25) is 10.0 Å². The van der Waals surface area contributed by atoms with E-state index < -0.39 is 34.5 Å². The molecule has 3 rings (SSSR count). The summed E-state index contributed by atoms with van der Waals surface area (Å²) >= 11 is 0. The fourth-order valence-electron chi connectivity index (χ4n) is 2.56. The number of nitrogens with zero attached hydrogens (tertiary/aromatic N) is 2. The molecular formula is C18H16N2O6S. The number of ether oxygens (including phenoxy) is 1. The van der Waals surface area contributed by atoms with Crippen LogP contribution in [0.1, 0.15) is 31.1 Å². The molecule has 8 nitrogen and oxygen atoms in total. The smallest absolute Gasteiger partial charge is 0.339 e. The summed E-state index contributed by atoms with van der Waals surface area (Å²) < 4.78 is 30.4. The van der Waals surface area contributed by atoms with Gasteiger partial charge in [0.15, 0.2) is 6.73 Å². The predicted molar refractivity (Wildman–Crippen MR) is 94.5 cm³/mol. The van der Waals surface area contributed by atoms with Gasteiger partial charge in [-0.3, -0.25) is 9.59 Å². The van der Waals surface area contributed by atoms with Crippen LogP contribution in [0.5, 0.6) is 0 Å². The summed E-state index contributed by atoms with van der Waals surface area (Å²) in [5, 5.41) is 0. The summed E-state index contributed by atoms with van der Waals surface area (Å²) in [4.78, 5) is 37.5. The van der Waals surface area contributed by atoms with Gasteiger partial charge in [0, 0.05) is 14.1 Å². The minimum absolute atomic E-state index is 0.00506. The SMILES string of the molecule is CN(C)S(=O)(=O)c1cccc(C(=O)OCN2C(=O)c3ccccc3C2=O)c1. The van der Waals surface area contributed by atoms with Gasteiger partial charge in [0.1, 0.15) is 0 Å². The van der Waals surface area contributed by atoms with E-state index >= 15 is 0 Å². The van der Waals surface area contributed by atoms with Crippen molar-refractivity contribution in [3.05, 3.63) is 65.2 Å². The summed E-state index contributed by atoms with van der Waals surface area (Å²) in [6.07, 6.45) is 0. The number of fused-ring (bicyclic) bond motifs is 1. The van der Waals surface area contributed by atoms with Crippen molar-refractivity contribution < 1.29 is 27.5 Å². The van der Waals surface area contributed by atoms with Gasteiger partial charge in [0.25, 0.3) is 11.8 Å². The number of esters is 1. The molecule has 1 aliphatic rings. The lowest BCUT2D eigenvalue weighted by Gasteiger charge is -2.15. The van der Waals surface area contributed by atoms with Gasteiger partial charge in [-0.05, 0) is 30.3 Å². The molecule has 2 aromatic carbocycles. The first-order valence-electron chi connectivity index (χ1n) is 7.88. The highest BCUT2D eigenvalue weighted by molar-refractivity contribution is 7.89. The van der Waals surface area contributed by atoms with E-state index in [9.17, 15) is 22.8 Å². The molecule has 140 valence electrons. The summed E-state index contributed by atoms with van der Waals surface area (Å²) in [6, 6.07) is 11.6. The maximum atomic E-state index is 12.3. The van der Waals surface area contributed by atoms with Crippen LogP contribution in [0.4, 0.5) is 0 Å². The third kappa shape index (κ3) is 3.34. The highest BCUT2D eigenvalue weighted by Crippen LogP contribution is 2.22. The third-order valence-electron chi connectivity index (χ3n) is 4.05. The van der Waals surface area contributed by atoms with Crippen LogP contribution in [0.25, 0.3) is 0 Å². The van der Waals surface area contributed by atoms with Crippen LogP contribution < -0.4 is 0 Å². The molecule has 0 fully saturated rings. The molecule has 0 spiro atoms. The normalized spacial score (nSPS) is 13.8. The Kier molecular flexibility index (Phi) is 4.81. The maximum Gasteiger partial charge on any atom is 0.339 e. The molecule has 0 bridgehead atoms. The molecule has 2 amide bonds. The van der Waals surface area contributed by atoms with E-state index in [0.29, 0.717) is 0 Å². The number of imide groups is 1. The first-order chi connectivity index (χ1) is 12.7. The lowest BCUT2D eigenvalue weighted by atomic mass is 10.1. The van der Waals surface area contributed by atoms with Crippen molar-refractivity contribution >= 4 is 27.8 Å². The van der Waals surface area contributed by atoms with Gasteiger partial charge < -0.3 is 4.74 Å². The Balaban J connectivity index is 1.75. The van der Waals surface area contributed by atoms with Gasteiger partial charge in [-0.1, -0.05) is 18.2 Å². The fraction of sp³-hybridized carbons (Fsp3) is 0.167. The fourth-order valence-corrected chi connectivity index (χ4v) is 3.51. The Morgan fingerprint density at radius 3 is 2.15 bits per heavy atom. The Morgan fingerprint density at radius 1 is 1.00 bits per heavy atom. The van der Waals surface area contributed by atoms with Crippen molar-refractivity contribution in [2.45, 2.75) is 4.90 Å². The quantitative estimate of drug-likeness (QED) is 0.566. The standard InChI is InChI=1S/C18H16N2O6S/c1-19(2)27(24,25)13-7-5-6-12(10-13)18(23)26-11-20-16(21)14-8-3-4-9-15(14)17(20)22/h3-10H,11H2,1-2H3.